The average Bonchev–Trinajstić information content (AvgIpc) is 2.36. The standard InChI is InChI=1S/C13H16N2O5/c1-7-8(3-2-4-9(7)14)12(18)15-10(13(19)20)5-6-11(16)17/h2-4,10H,5-6,14H2,1H3,(H,15,18)(H,16,17)(H,19,20)/t10-/m0/s1. The molecule has 108 valence electrons. The number of benzene rings is 1. The quantitative estimate of drug-likeness (QED) is 0.565. The molecule has 20 heavy (non-hydrogen) atoms. The molecule has 7 nitrogen and oxygen atoms in total. The summed E-state index contributed by atoms with van der Waals surface area (Å²) in [6.45, 7) is 1.65. The van der Waals surface area contributed by atoms with Crippen LogP contribution in [0.5, 0.6) is 0 Å². The van der Waals surface area contributed by atoms with Crippen molar-refractivity contribution >= 4 is 23.5 Å². The van der Waals surface area contributed by atoms with Crippen molar-refractivity contribution in [2.75, 3.05) is 5.73 Å². The Bertz CT molecular complexity index is 542. The van der Waals surface area contributed by atoms with Crippen LogP contribution in [-0.2, 0) is 9.59 Å². The van der Waals surface area contributed by atoms with Crippen LogP contribution in [-0.4, -0.2) is 34.1 Å². The number of aliphatic carboxylic acids is 2. The lowest BCUT2D eigenvalue weighted by atomic mass is 10.1. The number of anilines is 1. The molecule has 1 rings (SSSR count). The van der Waals surface area contributed by atoms with E-state index in [0.717, 1.165) is 0 Å². The Morgan fingerprint density at radius 2 is 1.95 bits per heavy atom. The zero-order chi connectivity index (χ0) is 15.3. The van der Waals surface area contributed by atoms with E-state index in [4.69, 9.17) is 15.9 Å². The molecule has 1 aromatic carbocycles. The second-order valence-corrected chi connectivity index (χ2v) is 4.32. The summed E-state index contributed by atoms with van der Waals surface area (Å²) >= 11 is 0. The summed E-state index contributed by atoms with van der Waals surface area (Å²) in [4.78, 5) is 33.5. The van der Waals surface area contributed by atoms with Gasteiger partial charge >= 0.3 is 11.9 Å². The minimum Gasteiger partial charge on any atom is -0.481 e. The minimum absolute atomic E-state index is 0.183. The summed E-state index contributed by atoms with van der Waals surface area (Å²) in [7, 11) is 0. The first-order valence-corrected chi connectivity index (χ1v) is 5.93. The van der Waals surface area contributed by atoms with Crippen LogP contribution in [0.2, 0.25) is 0 Å². The van der Waals surface area contributed by atoms with Crippen molar-refractivity contribution in [1.29, 1.82) is 0 Å². The largest absolute Gasteiger partial charge is 0.481 e. The zero-order valence-corrected chi connectivity index (χ0v) is 10.9. The van der Waals surface area contributed by atoms with E-state index in [1.165, 1.54) is 6.07 Å². The van der Waals surface area contributed by atoms with Gasteiger partial charge in [0.15, 0.2) is 0 Å². The number of carboxylic acids is 2. The number of nitrogen functional groups attached to an aromatic ring is 1. The summed E-state index contributed by atoms with van der Waals surface area (Å²) in [5, 5.41) is 19.8. The third-order valence-electron chi connectivity index (χ3n) is 2.87. The lowest BCUT2D eigenvalue weighted by Crippen LogP contribution is -2.41. The minimum atomic E-state index is -1.28. The maximum atomic E-state index is 12.0. The summed E-state index contributed by atoms with van der Waals surface area (Å²) in [5.41, 5.74) is 6.92. The molecule has 7 heteroatoms. The lowest BCUT2D eigenvalue weighted by Gasteiger charge is -2.15. The van der Waals surface area contributed by atoms with Crippen molar-refractivity contribution in [1.82, 2.24) is 5.32 Å². The van der Waals surface area contributed by atoms with Crippen LogP contribution in [0.4, 0.5) is 5.69 Å². The van der Waals surface area contributed by atoms with E-state index in [1.54, 1.807) is 19.1 Å². The third-order valence-corrected chi connectivity index (χ3v) is 2.87. The lowest BCUT2D eigenvalue weighted by molar-refractivity contribution is -0.140. The van der Waals surface area contributed by atoms with Gasteiger partial charge in [0.1, 0.15) is 6.04 Å². The fourth-order valence-corrected chi connectivity index (χ4v) is 1.66. The molecular weight excluding hydrogens is 264 g/mol. The smallest absolute Gasteiger partial charge is 0.326 e. The summed E-state index contributed by atoms with van der Waals surface area (Å²) in [6.07, 6.45) is -0.523. The SMILES string of the molecule is Cc1c(N)cccc1C(=O)N[C@@H](CCC(=O)O)C(=O)O. The highest BCUT2D eigenvalue weighted by molar-refractivity contribution is 5.98. The molecule has 0 aliphatic heterocycles. The van der Waals surface area contributed by atoms with Crippen LogP contribution in [0.1, 0.15) is 28.8 Å². The Balaban J connectivity index is 2.83. The monoisotopic (exact) mass is 280 g/mol. The number of rotatable bonds is 6. The molecule has 5 N–H and O–H groups in total. The Kier molecular flexibility index (Phi) is 5.08. The molecule has 0 unspecified atom stereocenters. The Labute approximate surface area is 115 Å². The highest BCUT2D eigenvalue weighted by Gasteiger charge is 2.22. The van der Waals surface area contributed by atoms with Crippen molar-refractivity contribution in [3.05, 3.63) is 29.3 Å². The van der Waals surface area contributed by atoms with Crippen LogP contribution in [0.25, 0.3) is 0 Å². The third kappa shape index (κ3) is 3.98. The number of carboxylic acid groups (broad SMARTS) is 2. The van der Waals surface area contributed by atoms with E-state index in [1.807, 2.05) is 0 Å². The fourth-order valence-electron chi connectivity index (χ4n) is 1.66. The predicted molar refractivity (Wildman–Crippen MR) is 71.4 cm³/mol. The van der Waals surface area contributed by atoms with Crippen molar-refractivity contribution in [3.63, 3.8) is 0 Å². The van der Waals surface area contributed by atoms with E-state index in [0.29, 0.717) is 11.3 Å². The molecule has 0 bridgehead atoms. The van der Waals surface area contributed by atoms with Gasteiger partial charge in [0, 0.05) is 17.7 Å². The molecule has 0 aliphatic carbocycles. The summed E-state index contributed by atoms with van der Waals surface area (Å²) in [6, 6.07) is 3.49. The molecule has 0 radical (unpaired) electrons. The number of carbonyl (C=O) groups excluding carboxylic acids is 1. The maximum absolute atomic E-state index is 12.0. The Hall–Kier alpha value is -2.57. The molecule has 1 amide bonds. The van der Waals surface area contributed by atoms with Gasteiger partial charge in [-0.25, -0.2) is 4.79 Å². The van der Waals surface area contributed by atoms with E-state index in [2.05, 4.69) is 5.32 Å². The van der Waals surface area contributed by atoms with Gasteiger partial charge in [-0.3, -0.25) is 9.59 Å². The van der Waals surface area contributed by atoms with Gasteiger partial charge in [-0.15, -0.1) is 0 Å². The van der Waals surface area contributed by atoms with Gasteiger partial charge in [-0.1, -0.05) is 6.07 Å². The van der Waals surface area contributed by atoms with Crippen LogP contribution in [0.3, 0.4) is 0 Å². The second kappa shape index (κ2) is 6.55. The van der Waals surface area contributed by atoms with Crippen LogP contribution in [0.15, 0.2) is 18.2 Å². The average molecular weight is 280 g/mol. The number of nitrogens with two attached hydrogens (primary N) is 1. The van der Waals surface area contributed by atoms with Crippen molar-refractivity contribution < 1.29 is 24.6 Å². The first-order valence-electron chi connectivity index (χ1n) is 5.93. The van der Waals surface area contributed by atoms with Crippen molar-refractivity contribution in [2.24, 2.45) is 0 Å². The van der Waals surface area contributed by atoms with Gasteiger partial charge in [0.05, 0.1) is 0 Å². The molecule has 0 aliphatic rings. The molecule has 0 spiro atoms. The molecular formula is C13H16N2O5. The van der Waals surface area contributed by atoms with Crippen LogP contribution >= 0.6 is 0 Å². The van der Waals surface area contributed by atoms with Gasteiger partial charge in [0.2, 0.25) is 0 Å². The van der Waals surface area contributed by atoms with Crippen molar-refractivity contribution in [3.8, 4) is 0 Å². The van der Waals surface area contributed by atoms with E-state index >= 15 is 0 Å². The number of carbonyl (C=O) groups is 3. The van der Waals surface area contributed by atoms with E-state index in [9.17, 15) is 14.4 Å². The first kappa shape index (κ1) is 15.5. The molecule has 0 aromatic heterocycles. The molecule has 0 saturated carbocycles. The zero-order valence-electron chi connectivity index (χ0n) is 10.9. The van der Waals surface area contributed by atoms with E-state index < -0.39 is 23.9 Å². The second-order valence-electron chi connectivity index (χ2n) is 4.32. The van der Waals surface area contributed by atoms with Gasteiger partial charge in [-0.05, 0) is 31.0 Å². The van der Waals surface area contributed by atoms with Crippen molar-refractivity contribution in [2.45, 2.75) is 25.8 Å². The number of hydrogen-bond acceptors (Lipinski definition) is 4. The Morgan fingerprint density at radius 1 is 1.30 bits per heavy atom. The molecule has 1 aromatic rings. The molecule has 0 heterocycles. The number of hydrogen-bond donors (Lipinski definition) is 4. The van der Waals surface area contributed by atoms with Crippen LogP contribution in [0, 0.1) is 6.92 Å². The molecule has 0 saturated heterocycles. The normalized spacial score (nSPS) is 11.7. The van der Waals surface area contributed by atoms with Gasteiger partial charge < -0.3 is 21.3 Å². The number of nitrogens with one attached hydrogen (secondary N) is 1. The van der Waals surface area contributed by atoms with Gasteiger partial charge in [-0.2, -0.15) is 0 Å². The highest BCUT2D eigenvalue weighted by atomic mass is 16.4. The first-order chi connectivity index (χ1) is 9.32. The number of amides is 1. The Morgan fingerprint density at radius 3 is 2.50 bits per heavy atom. The summed E-state index contributed by atoms with van der Waals surface area (Å²) in [5.74, 6) is -2.99. The molecule has 0 fully saturated rings. The fraction of sp³-hybridized carbons (Fsp3) is 0.308. The van der Waals surface area contributed by atoms with Gasteiger partial charge in [0.25, 0.3) is 5.91 Å². The van der Waals surface area contributed by atoms with E-state index in [-0.39, 0.29) is 18.4 Å². The predicted octanol–water partition coefficient (Wildman–Crippen LogP) is 0.625. The topological polar surface area (TPSA) is 130 Å². The summed E-state index contributed by atoms with van der Waals surface area (Å²) < 4.78 is 0. The maximum Gasteiger partial charge on any atom is 0.326 e. The molecule has 1 atom stereocenters. The highest BCUT2D eigenvalue weighted by Crippen LogP contribution is 2.15. The van der Waals surface area contributed by atoms with Crippen LogP contribution < -0.4 is 11.1 Å².